The molecule has 20 heavy (non-hydrogen) atoms. The van der Waals surface area contributed by atoms with Gasteiger partial charge in [-0.3, -0.25) is 4.79 Å². The summed E-state index contributed by atoms with van der Waals surface area (Å²) in [5.41, 5.74) is 1.62. The van der Waals surface area contributed by atoms with Crippen molar-refractivity contribution >= 4 is 5.91 Å². The molecule has 0 N–H and O–H groups in total. The summed E-state index contributed by atoms with van der Waals surface area (Å²) in [5, 5.41) is 4.13. The first-order valence-electron chi connectivity index (χ1n) is 6.52. The maximum absolute atomic E-state index is 12.0. The summed E-state index contributed by atoms with van der Waals surface area (Å²) in [6, 6.07) is 9.03. The van der Waals surface area contributed by atoms with Crippen molar-refractivity contribution in [1.82, 2.24) is 9.78 Å². The first kappa shape index (κ1) is 14.1. The average Bonchev–Trinajstić information content (AvgIpc) is 2.77. The van der Waals surface area contributed by atoms with Crippen LogP contribution in [-0.2, 0) is 0 Å². The SMILES string of the molecule is CCOc1ccc(OCC(=O)n2nc(C)cc2C)cc1. The van der Waals surface area contributed by atoms with Gasteiger partial charge in [0, 0.05) is 5.69 Å². The van der Waals surface area contributed by atoms with Gasteiger partial charge >= 0.3 is 0 Å². The molecular formula is C15H18N2O3. The van der Waals surface area contributed by atoms with Gasteiger partial charge in [0.1, 0.15) is 11.5 Å². The van der Waals surface area contributed by atoms with Crippen molar-refractivity contribution in [3.05, 3.63) is 41.7 Å². The minimum absolute atomic E-state index is 0.0457. The zero-order valence-electron chi connectivity index (χ0n) is 11.9. The van der Waals surface area contributed by atoms with Gasteiger partial charge in [0.2, 0.25) is 0 Å². The summed E-state index contributed by atoms with van der Waals surface area (Å²) < 4.78 is 12.2. The zero-order valence-corrected chi connectivity index (χ0v) is 11.9. The van der Waals surface area contributed by atoms with Crippen LogP contribution in [0.25, 0.3) is 0 Å². The predicted molar refractivity (Wildman–Crippen MR) is 75.4 cm³/mol. The third kappa shape index (κ3) is 3.38. The Morgan fingerprint density at radius 1 is 1.15 bits per heavy atom. The molecule has 0 saturated carbocycles. The molecule has 0 fully saturated rings. The van der Waals surface area contributed by atoms with Crippen LogP contribution >= 0.6 is 0 Å². The average molecular weight is 274 g/mol. The van der Waals surface area contributed by atoms with Crippen LogP contribution in [-0.4, -0.2) is 28.9 Å². The Labute approximate surface area is 118 Å². The Morgan fingerprint density at radius 2 is 1.75 bits per heavy atom. The highest BCUT2D eigenvalue weighted by Gasteiger charge is 2.10. The van der Waals surface area contributed by atoms with E-state index in [1.165, 1.54) is 4.68 Å². The molecule has 0 bridgehead atoms. The molecule has 0 atom stereocenters. The van der Waals surface area contributed by atoms with Crippen LogP contribution in [0.3, 0.4) is 0 Å². The summed E-state index contributed by atoms with van der Waals surface area (Å²) in [6.45, 7) is 6.20. The van der Waals surface area contributed by atoms with Crippen LogP contribution in [0.15, 0.2) is 30.3 Å². The Balaban J connectivity index is 1.94. The van der Waals surface area contributed by atoms with Crippen molar-refractivity contribution < 1.29 is 14.3 Å². The first-order chi connectivity index (χ1) is 9.60. The quantitative estimate of drug-likeness (QED) is 0.841. The number of nitrogens with zero attached hydrogens (tertiary/aromatic N) is 2. The van der Waals surface area contributed by atoms with E-state index < -0.39 is 0 Å². The minimum atomic E-state index is -0.190. The van der Waals surface area contributed by atoms with Crippen LogP contribution in [0.2, 0.25) is 0 Å². The van der Waals surface area contributed by atoms with Crippen LogP contribution in [0.4, 0.5) is 0 Å². The van der Waals surface area contributed by atoms with Crippen LogP contribution in [0.5, 0.6) is 11.5 Å². The molecular weight excluding hydrogens is 256 g/mol. The lowest BCUT2D eigenvalue weighted by atomic mass is 10.3. The number of hydrogen-bond acceptors (Lipinski definition) is 4. The van der Waals surface area contributed by atoms with E-state index in [0.29, 0.717) is 12.4 Å². The third-order valence-electron chi connectivity index (χ3n) is 2.74. The predicted octanol–water partition coefficient (Wildman–Crippen LogP) is 2.62. The van der Waals surface area contributed by atoms with Gasteiger partial charge < -0.3 is 9.47 Å². The lowest BCUT2D eigenvalue weighted by Crippen LogP contribution is -2.21. The number of ether oxygens (including phenoxy) is 2. The number of aryl methyl sites for hydroxylation is 2. The fourth-order valence-electron chi connectivity index (χ4n) is 1.89. The van der Waals surface area contributed by atoms with Crippen molar-refractivity contribution in [2.75, 3.05) is 13.2 Å². The van der Waals surface area contributed by atoms with Gasteiger partial charge in [-0.25, -0.2) is 4.68 Å². The molecule has 0 spiro atoms. The fourth-order valence-corrected chi connectivity index (χ4v) is 1.89. The second-order valence-corrected chi connectivity index (χ2v) is 4.43. The highest BCUT2D eigenvalue weighted by Crippen LogP contribution is 2.17. The molecule has 0 aliphatic rings. The van der Waals surface area contributed by atoms with E-state index in [0.717, 1.165) is 17.1 Å². The van der Waals surface area contributed by atoms with E-state index in [9.17, 15) is 4.79 Å². The number of hydrogen-bond donors (Lipinski definition) is 0. The summed E-state index contributed by atoms with van der Waals surface area (Å²) in [7, 11) is 0. The number of carbonyl (C=O) groups excluding carboxylic acids is 1. The lowest BCUT2D eigenvalue weighted by Gasteiger charge is -2.07. The molecule has 2 rings (SSSR count). The number of carbonyl (C=O) groups is 1. The molecule has 0 aliphatic heterocycles. The van der Waals surface area contributed by atoms with Crippen molar-refractivity contribution in [3.63, 3.8) is 0 Å². The van der Waals surface area contributed by atoms with Crippen molar-refractivity contribution in [2.24, 2.45) is 0 Å². The number of aromatic nitrogens is 2. The van der Waals surface area contributed by atoms with Crippen LogP contribution in [0.1, 0.15) is 23.1 Å². The Bertz CT molecular complexity index is 588. The second-order valence-electron chi connectivity index (χ2n) is 4.43. The van der Waals surface area contributed by atoms with Gasteiger partial charge in [-0.05, 0) is 51.1 Å². The maximum atomic E-state index is 12.0. The van der Waals surface area contributed by atoms with Gasteiger partial charge in [0.15, 0.2) is 6.61 Å². The molecule has 1 aromatic carbocycles. The van der Waals surface area contributed by atoms with E-state index in [-0.39, 0.29) is 12.5 Å². The molecule has 2 aromatic rings. The fraction of sp³-hybridized carbons (Fsp3) is 0.333. The Hall–Kier alpha value is -2.30. The van der Waals surface area contributed by atoms with Gasteiger partial charge in [-0.1, -0.05) is 0 Å². The van der Waals surface area contributed by atoms with Gasteiger partial charge in [-0.2, -0.15) is 5.10 Å². The molecule has 5 nitrogen and oxygen atoms in total. The molecule has 0 saturated heterocycles. The zero-order chi connectivity index (χ0) is 14.5. The van der Waals surface area contributed by atoms with E-state index >= 15 is 0 Å². The lowest BCUT2D eigenvalue weighted by molar-refractivity contribution is 0.0818. The van der Waals surface area contributed by atoms with Gasteiger partial charge in [-0.15, -0.1) is 0 Å². The molecule has 0 unspecified atom stereocenters. The number of benzene rings is 1. The molecule has 106 valence electrons. The summed E-state index contributed by atoms with van der Waals surface area (Å²) >= 11 is 0. The summed E-state index contributed by atoms with van der Waals surface area (Å²) in [6.07, 6.45) is 0. The molecule has 5 heteroatoms. The maximum Gasteiger partial charge on any atom is 0.284 e. The first-order valence-corrected chi connectivity index (χ1v) is 6.52. The number of rotatable bonds is 5. The normalized spacial score (nSPS) is 10.3. The smallest absolute Gasteiger partial charge is 0.284 e. The standard InChI is InChI=1S/C15H18N2O3/c1-4-19-13-5-7-14(8-6-13)20-10-15(18)17-12(3)9-11(2)16-17/h5-9H,4,10H2,1-3H3. The molecule has 1 heterocycles. The topological polar surface area (TPSA) is 53.4 Å². The highest BCUT2D eigenvalue weighted by molar-refractivity contribution is 5.80. The largest absolute Gasteiger partial charge is 0.494 e. The van der Waals surface area contributed by atoms with Crippen molar-refractivity contribution in [2.45, 2.75) is 20.8 Å². The van der Waals surface area contributed by atoms with Crippen molar-refractivity contribution in [1.29, 1.82) is 0 Å². The van der Waals surface area contributed by atoms with E-state index in [1.54, 1.807) is 12.1 Å². The van der Waals surface area contributed by atoms with E-state index in [1.807, 2.05) is 39.0 Å². The Morgan fingerprint density at radius 3 is 2.25 bits per heavy atom. The summed E-state index contributed by atoms with van der Waals surface area (Å²) in [4.78, 5) is 12.0. The monoisotopic (exact) mass is 274 g/mol. The van der Waals surface area contributed by atoms with Crippen molar-refractivity contribution in [3.8, 4) is 11.5 Å². The highest BCUT2D eigenvalue weighted by atomic mass is 16.5. The Kier molecular flexibility index (Phi) is 4.40. The molecule has 1 aromatic heterocycles. The third-order valence-corrected chi connectivity index (χ3v) is 2.74. The van der Waals surface area contributed by atoms with E-state index in [4.69, 9.17) is 9.47 Å². The van der Waals surface area contributed by atoms with Crippen LogP contribution < -0.4 is 9.47 Å². The van der Waals surface area contributed by atoms with Crippen LogP contribution in [0, 0.1) is 13.8 Å². The van der Waals surface area contributed by atoms with E-state index in [2.05, 4.69) is 5.10 Å². The molecule has 0 aliphatic carbocycles. The second kappa shape index (κ2) is 6.23. The molecule has 0 amide bonds. The van der Waals surface area contributed by atoms with Gasteiger partial charge in [0.05, 0.1) is 12.3 Å². The minimum Gasteiger partial charge on any atom is -0.494 e. The molecule has 0 radical (unpaired) electrons. The summed E-state index contributed by atoms with van der Waals surface area (Å²) in [5.74, 6) is 1.22. The van der Waals surface area contributed by atoms with Gasteiger partial charge in [0.25, 0.3) is 5.91 Å².